The van der Waals surface area contributed by atoms with Crippen LogP contribution in [-0.4, -0.2) is 39.7 Å². The number of epoxide rings is 1. The molecule has 0 amide bonds. The van der Waals surface area contributed by atoms with Gasteiger partial charge in [-0.3, -0.25) is 0 Å². The molecule has 4 nitrogen and oxygen atoms in total. The Hall–Kier alpha value is -0.653. The highest BCUT2D eigenvalue weighted by molar-refractivity contribution is 6.74. The van der Waals surface area contributed by atoms with Crippen molar-refractivity contribution in [2.75, 3.05) is 7.11 Å². The van der Waals surface area contributed by atoms with E-state index in [4.69, 9.17) is 9.16 Å². The van der Waals surface area contributed by atoms with Crippen molar-refractivity contribution in [1.82, 2.24) is 0 Å². The van der Waals surface area contributed by atoms with Crippen molar-refractivity contribution in [3.8, 4) is 0 Å². The molecule has 5 heteroatoms. The van der Waals surface area contributed by atoms with Gasteiger partial charge in [0.15, 0.2) is 8.32 Å². The number of hydrogen-bond donors (Lipinski definition) is 0. The Morgan fingerprint density at radius 1 is 1.40 bits per heavy atom. The standard InChI is InChI=1S/C15H28O4Si/c1-11(19-20(6,7)15(2,3)4)10-13-12(18-13)8-9-14(16)17-5/h8-9,11-13H,10H2,1-7H3/b9-8+. The first-order chi connectivity index (χ1) is 9.06. The third kappa shape index (κ3) is 5.03. The predicted octanol–water partition coefficient (Wildman–Crippen LogP) is 3.28. The monoisotopic (exact) mass is 300 g/mol. The number of hydrogen-bond acceptors (Lipinski definition) is 4. The van der Waals surface area contributed by atoms with Crippen molar-refractivity contribution < 1.29 is 18.7 Å². The Morgan fingerprint density at radius 3 is 2.50 bits per heavy atom. The predicted molar refractivity (Wildman–Crippen MR) is 82.2 cm³/mol. The molecule has 0 saturated carbocycles. The van der Waals surface area contributed by atoms with Gasteiger partial charge in [0, 0.05) is 18.6 Å². The third-order valence-electron chi connectivity index (χ3n) is 4.11. The van der Waals surface area contributed by atoms with Crippen molar-refractivity contribution in [2.24, 2.45) is 0 Å². The Bertz CT molecular complexity index is 371. The summed E-state index contributed by atoms with van der Waals surface area (Å²) in [7, 11) is -0.351. The van der Waals surface area contributed by atoms with Crippen LogP contribution < -0.4 is 0 Å². The summed E-state index contributed by atoms with van der Waals surface area (Å²) in [5.41, 5.74) is 0. The lowest BCUT2D eigenvalue weighted by atomic mass is 10.2. The lowest BCUT2D eigenvalue weighted by molar-refractivity contribution is -0.134. The lowest BCUT2D eigenvalue weighted by Crippen LogP contribution is -2.43. The summed E-state index contributed by atoms with van der Waals surface area (Å²) < 4.78 is 16.4. The van der Waals surface area contributed by atoms with Gasteiger partial charge in [-0.15, -0.1) is 0 Å². The molecule has 116 valence electrons. The van der Waals surface area contributed by atoms with Crippen molar-refractivity contribution in [2.45, 2.75) is 70.6 Å². The first-order valence-electron chi connectivity index (χ1n) is 7.16. The molecule has 0 N–H and O–H groups in total. The van der Waals surface area contributed by atoms with Gasteiger partial charge < -0.3 is 13.9 Å². The van der Waals surface area contributed by atoms with Crippen LogP contribution >= 0.6 is 0 Å². The highest BCUT2D eigenvalue weighted by Crippen LogP contribution is 2.38. The lowest BCUT2D eigenvalue weighted by Gasteiger charge is -2.38. The van der Waals surface area contributed by atoms with Crippen LogP contribution in [0.25, 0.3) is 0 Å². The first-order valence-corrected chi connectivity index (χ1v) is 10.1. The van der Waals surface area contributed by atoms with Gasteiger partial charge in [0.1, 0.15) is 6.10 Å². The summed E-state index contributed by atoms with van der Waals surface area (Å²) in [6.07, 6.45) is 4.41. The summed E-state index contributed by atoms with van der Waals surface area (Å²) >= 11 is 0. The number of rotatable bonds is 6. The van der Waals surface area contributed by atoms with Gasteiger partial charge in [-0.2, -0.15) is 0 Å². The molecule has 1 aliphatic heterocycles. The normalized spacial score (nSPS) is 24.8. The van der Waals surface area contributed by atoms with Crippen LogP contribution in [-0.2, 0) is 18.7 Å². The van der Waals surface area contributed by atoms with Crippen LogP contribution in [0.1, 0.15) is 34.1 Å². The second kappa shape index (κ2) is 6.41. The fourth-order valence-electron chi connectivity index (χ4n) is 1.81. The van der Waals surface area contributed by atoms with E-state index in [2.05, 4.69) is 45.5 Å². The maximum Gasteiger partial charge on any atom is 0.330 e. The largest absolute Gasteiger partial charge is 0.466 e. The second-order valence-corrected chi connectivity index (χ2v) is 11.7. The van der Waals surface area contributed by atoms with Crippen LogP contribution in [0.4, 0.5) is 0 Å². The van der Waals surface area contributed by atoms with Crippen LogP contribution in [0.2, 0.25) is 18.1 Å². The molecule has 0 aliphatic carbocycles. The average Bonchev–Trinajstić information content (AvgIpc) is 3.01. The van der Waals surface area contributed by atoms with E-state index in [-0.39, 0.29) is 29.3 Å². The molecule has 3 atom stereocenters. The van der Waals surface area contributed by atoms with Crippen molar-refractivity contribution >= 4 is 14.3 Å². The second-order valence-electron chi connectivity index (χ2n) is 6.95. The van der Waals surface area contributed by atoms with E-state index in [1.165, 1.54) is 13.2 Å². The smallest absolute Gasteiger partial charge is 0.330 e. The van der Waals surface area contributed by atoms with E-state index in [0.29, 0.717) is 0 Å². The summed E-state index contributed by atoms with van der Waals surface area (Å²) in [5, 5.41) is 0.218. The first kappa shape index (κ1) is 17.4. The quantitative estimate of drug-likeness (QED) is 0.327. The highest BCUT2D eigenvalue weighted by atomic mass is 28.4. The van der Waals surface area contributed by atoms with Gasteiger partial charge in [0.25, 0.3) is 0 Å². The van der Waals surface area contributed by atoms with Gasteiger partial charge in [-0.05, 0) is 31.1 Å². The number of carbonyl (C=O) groups excluding carboxylic acids is 1. The van der Waals surface area contributed by atoms with E-state index < -0.39 is 8.32 Å². The zero-order valence-corrected chi connectivity index (χ0v) is 14.7. The van der Waals surface area contributed by atoms with E-state index in [1.54, 1.807) is 6.08 Å². The highest BCUT2D eigenvalue weighted by Gasteiger charge is 2.42. The molecule has 0 bridgehead atoms. The topological polar surface area (TPSA) is 48.1 Å². The summed E-state index contributed by atoms with van der Waals surface area (Å²) in [6, 6.07) is 0. The molecule has 1 rings (SSSR count). The van der Waals surface area contributed by atoms with Crippen molar-refractivity contribution in [3.05, 3.63) is 12.2 Å². The molecule has 0 aromatic heterocycles. The average molecular weight is 300 g/mol. The molecular formula is C15H28O4Si. The Balaban J connectivity index is 2.37. The maximum atomic E-state index is 11.0. The van der Waals surface area contributed by atoms with E-state index in [1.807, 2.05) is 0 Å². The van der Waals surface area contributed by atoms with Crippen molar-refractivity contribution in [1.29, 1.82) is 0 Å². The maximum absolute atomic E-state index is 11.0. The Kier molecular flexibility index (Phi) is 5.58. The molecule has 3 unspecified atom stereocenters. The van der Waals surface area contributed by atoms with Gasteiger partial charge in [0.2, 0.25) is 0 Å². The Labute approximate surface area is 123 Å². The van der Waals surface area contributed by atoms with Crippen LogP contribution in [0.15, 0.2) is 12.2 Å². The summed E-state index contributed by atoms with van der Waals surface area (Å²) in [5.74, 6) is -0.343. The minimum Gasteiger partial charge on any atom is -0.466 e. The fraction of sp³-hybridized carbons (Fsp3) is 0.800. The molecule has 0 aromatic carbocycles. The van der Waals surface area contributed by atoms with Gasteiger partial charge in [-0.25, -0.2) is 4.79 Å². The summed E-state index contributed by atoms with van der Waals surface area (Å²) in [4.78, 5) is 11.0. The molecule has 1 aliphatic rings. The molecule has 1 fully saturated rings. The van der Waals surface area contributed by atoms with Crippen LogP contribution in [0, 0.1) is 0 Å². The molecule has 1 heterocycles. The number of carbonyl (C=O) groups is 1. The summed E-state index contributed by atoms with van der Waals surface area (Å²) in [6.45, 7) is 13.3. The minimum absolute atomic E-state index is 0.0274. The van der Waals surface area contributed by atoms with Crippen LogP contribution in [0.3, 0.4) is 0 Å². The molecule has 0 aromatic rings. The molecule has 1 saturated heterocycles. The fourth-order valence-corrected chi connectivity index (χ4v) is 3.27. The number of methoxy groups -OCH3 is 1. The molecule has 20 heavy (non-hydrogen) atoms. The zero-order valence-electron chi connectivity index (χ0n) is 13.7. The molecule has 0 radical (unpaired) electrons. The van der Waals surface area contributed by atoms with E-state index >= 15 is 0 Å². The minimum atomic E-state index is -1.72. The third-order valence-corrected chi connectivity index (χ3v) is 8.72. The Morgan fingerprint density at radius 2 is 2.00 bits per heavy atom. The zero-order chi connectivity index (χ0) is 15.6. The molecular weight excluding hydrogens is 272 g/mol. The van der Waals surface area contributed by atoms with Gasteiger partial charge >= 0.3 is 5.97 Å². The van der Waals surface area contributed by atoms with Crippen LogP contribution in [0.5, 0.6) is 0 Å². The van der Waals surface area contributed by atoms with Gasteiger partial charge in [0.05, 0.1) is 13.2 Å². The van der Waals surface area contributed by atoms with Crippen molar-refractivity contribution in [3.63, 3.8) is 0 Å². The SMILES string of the molecule is COC(=O)/C=C/C1OC1CC(C)O[Si](C)(C)C(C)(C)C. The van der Waals surface area contributed by atoms with E-state index in [0.717, 1.165) is 6.42 Å². The number of ether oxygens (including phenoxy) is 2. The number of esters is 1. The van der Waals surface area contributed by atoms with Gasteiger partial charge in [-0.1, -0.05) is 20.8 Å². The molecule has 0 spiro atoms. The van der Waals surface area contributed by atoms with E-state index in [9.17, 15) is 4.79 Å².